The molecule has 0 aromatic carbocycles. The van der Waals surface area contributed by atoms with Crippen LogP contribution < -0.4 is 11.1 Å². The minimum absolute atomic E-state index is 0.00332. The number of nitrogens with one attached hydrogen (secondary N) is 1. The Morgan fingerprint density at radius 3 is 2.62 bits per heavy atom. The quantitative estimate of drug-likeness (QED) is 0.493. The highest BCUT2D eigenvalue weighted by Crippen LogP contribution is 2.11. The van der Waals surface area contributed by atoms with Gasteiger partial charge in [0.05, 0.1) is 0 Å². The second-order valence-corrected chi connectivity index (χ2v) is 5.61. The Bertz CT molecular complexity index is 392. The van der Waals surface area contributed by atoms with E-state index in [1.54, 1.807) is 9.80 Å². The highest BCUT2D eigenvalue weighted by atomic mass is 16.6. The van der Waals surface area contributed by atoms with Crippen LogP contribution in [-0.2, 0) is 14.3 Å². The summed E-state index contributed by atoms with van der Waals surface area (Å²) in [6.07, 6.45) is 0.0345. The molecular formula is C13H24N4O4. The molecule has 2 aliphatic heterocycles. The Morgan fingerprint density at radius 1 is 1.33 bits per heavy atom. The van der Waals surface area contributed by atoms with Gasteiger partial charge in [-0.2, -0.15) is 0 Å². The van der Waals surface area contributed by atoms with Crippen molar-refractivity contribution in [2.75, 3.05) is 39.8 Å². The third-order valence-corrected chi connectivity index (χ3v) is 4.06. The first-order valence-electron chi connectivity index (χ1n) is 7.30. The fraction of sp³-hybridized carbons (Fsp3) is 0.846. The van der Waals surface area contributed by atoms with Gasteiger partial charge < -0.3 is 30.7 Å². The van der Waals surface area contributed by atoms with Crippen LogP contribution in [0.15, 0.2) is 0 Å². The van der Waals surface area contributed by atoms with Crippen LogP contribution in [0.3, 0.4) is 0 Å². The average Bonchev–Trinajstić information content (AvgIpc) is 3.12. The van der Waals surface area contributed by atoms with E-state index in [1.807, 2.05) is 7.05 Å². The number of likely N-dealkylation sites (tertiary alicyclic amines) is 2. The zero-order valence-corrected chi connectivity index (χ0v) is 12.3. The molecule has 120 valence electrons. The van der Waals surface area contributed by atoms with Crippen LogP contribution in [0.25, 0.3) is 0 Å². The predicted molar refractivity (Wildman–Crippen MR) is 75.2 cm³/mol. The van der Waals surface area contributed by atoms with Gasteiger partial charge in [-0.1, -0.05) is 0 Å². The lowest BCUT2D eigenvalue weighted by Gasteiger charge is -2.21. The van der Waals surface area contributed by atoms with Crippen molar-refractivity contribution in [2.45, 2.75) is 31.2 Å². The summed E-state index contributed by atoms with van der Waals surface area (Å²) < 4.78 is 5.01. The molecule has 0 spiro atoms. The van der Waals surface area contributed by atoms with Gasteiger partial charge in [-0.25, -0.2) is 0 Å². The van der Waals surface area contributed by atoms with E-state index in [0.717, 1.165) is 12.8 Å². The minimum Gasteiger partial charge on any atom is -0.360 e. The van der Waals surface area contributed by atoms with E-state index >= 15 is 0 Å². The lowest BCUT2D eigenvalue weighted by atomic mass is 10.3. The van der Waals surface area contributed by atoms with Gasteiger partial charge in [0.2, 0.25) is 12.2 Å². The van der Waals surface area contributed by atoms with E-state index in [4.69, 9.17) is 10.5 Å². The number of nitrogens with two attached hydrogens (primary N) is 1. The second kappa shape index (κ2) is 7.17. The topological polar surface area (TPSA) is 108 Å². The van der Waals surface area contributed by atoms with Crippen LogP contribution in [-0.4, -0.2) is 84.9 Å². The zero-order valence-electron chi connectivity index (χ0n) is 12.3. The SMILES string of the molecule is CNC1CCN(C(=O)C(O)OCC(=O)N2CCC(N)C2)C1. The largest absolute Gasteiger partial charge is 0.360 e. The van der Waals surface area contributed by atoms with Gasteiger partial charge in [0.25, 0.3) is 5.91 Å². The maximum absolute atomic E-state index is 12.0. The fourth-order valence-corrected chi connectivity index (χ4v) is 2.68. The van der Waals surface area contributed by atoms with E-state index in [0.29, 0.717) is 26.2 Å². The third kappa shape index (κ3) is 4.13. The van der Waals surface area contributed by atoms with Gasteiger partial charge in [0.15, 0.2) is 0 Å². The number of likely N-dealkylation sites (N-methyl/N-ethyl adjacent to an activating group) is 1. The molecule has 3 atom stereocenters. The first-order valence-corrected chi connectivity index (χ1v) is 7.30. The number of aliphatic hydroxyl groups is 1. The monoisotopic (exact) mass is 300 g/mol. The molecule has 0 aliphatic carbocycles. The van der Waals surface area contributed by atoms with Crippen molar-refractivity contribution >= 4 is 11.8 Å². The average molecular weight is 300 g/mol. The molecule has 0 aromatic heterocycles. The minimum atomic E-state index is -1.58. The highest BCUT2D eigenvalue weighted by molar-refractivity contribution is 5.81. The number of rotatable bonds is 5. The number of amides is 2. The number of carbonyl (C=O) groups is 2. The molecule has 0 saturated carbocycles. The van der Waals surface area contributed by atoms with Crippen molar-refractivity contribution in [3.05, 3.63) is 0 Å². The van der Waals surface area contributed by atoms with Gasteiger partial charge in [-0.05, 0) is 19.9 Å². The van der Waals surface area contributed by atoms with Gasteiger partial charge in [0, 0.05) is 38.3 Å². The van der Waals surface area contributed by atoms with Crippen LogP contribution >= 0.6 is 0 Å². The smallest absolute Gasteiger partial charge is 0.279 e. The maximum Gasteiger partial charge on any atom is 0.279 e. The summed E-state index contributed by atoms with van der Waals surface area (Å²) in [4.78, 5) is 26.9. The van der Waals surface area contributed by atoms with E-state index < -0.39 is 12.2 Å². The molecule has 4 N–H and O–H groups in total. The molecule has 21 heavy (non-hydrogen) atoms. The van der Waals surface area contributed by atoms with Crippen LogP contribution in [0, 0.1) is 0 Å². The standard InChI is InChI=1S/C13H24N4O4/c1-15-10-3-5-17(7-10)12(19)13(20)21-8-11(18)16-4-2-9(14)6-16/h9-10,13,15,20H,2-8,14H2,1H3. The lowest BCUT2D eigenvalue weighted by Crippen LogP contribution is -2.42. The maximum atomic E-state index is 12.0. The van der Waals surface area contributed by atoms with Crippen molar-refractivity contribution in [1.29, 1.82) is 0 Å². The molecular weight excluding hydrogens is 276 g/mol. The Kier molecular flexibility index (Phi) is 5.51. The summed E-state index contributed by atoms with van der Waals surface area (Å²) in [5.74, 6) is -0.733. The van der Waals surface area contributed by atoms with Crippen LogP contribution in [0.4, 0.5) is 0 Å². The van der Waals surface area contributed by atoms with Gasteiger partial charge in [-0.15, -0.1) is 0 Å². The van der Waals surface area contributed by atoms with E-state index in [9.17, 15) is 14.7 Å². The van der Waals surface area contributed by atoms with Crippen molar-refractivity contribution in [3.63, 3.8) is 0 Å². The molecule has 8 heteroatoms. The molecule has 0 aromatic rings. The van der Waals surface area contributed by atoms with Crippen molar-refractivity contribution in [2.24, 2.45) is 5.73 Å². The summed E-state index contributed by atoms with van der Waals surface area (Å²) in [5, 5.41) is 12.8. The number of ether oxygens (including phenoxy) is 1. The molecule has 2 heterocycles. The van der Waals surface area contributed by atoms with Crippen LogP contribution in [0.5, 0.6) is 0 Å². The van der Waals surface area contributed by atoms with E-state index in [2.05, 4.69) is 5.32 Å². The molecule has 2 fully saturated rings. The summed E-state index contributed by atoms with van der Waals surface area (Å²) in [7, 11) is 1.84. The molecule has 2 amide bonds. The summed E-state index contributed by atoms with van der Waals surface area (Å²) in [6, 6.07) is 0.248. The number of nitrogens with zero attached hydrogens (tertiary/aromatic N) is 2. The molecule has 2 rings (SSSR count). The highest BCUT2D eigenvalue weighted by Gasteiger charge is 2.31. The van der Waals surface area contributed by atoms with Crippen LogP contribution in [0.1, 0.15) is 12.8 Å². The Labute approximate surface area is 124 Å². The molecule has 2 aliphatic rings. The Morgan fingerprint density at radius 2 is 2.05 bits per heavy atom. The van der Waals surface area contributed by atoms with Gasteiger partial charge in [0.1, 0.15) is 6.61 Å². The van der Waals surface area contributed by atoms with E-state index in [1.165, 1.54) is 0 Å². The molecule has 3 unspecified atom stereocenters. The lowest BCUT2D eigenvalue weighted by molar-refractivity contribution is -0.172. The van der Waals surface area contributed by atoms with E-state index in [-0.39, 0.29) is 24.6 Å². The first kappa shape index (κ1) is 16.2. The molecule has 8 nitrogen and oxygen atoms in total. The molecule has 0 bridgehead atoms. The summed E-state index contributed by atoms with van der Waals surface area (Å²) in [6.45, 7) is 1.93. The number of aliphatic hydroxyl groups excluding tert-OH is 1. The predicted octanol–water partition coefficient (Wildman–Crippen LogP) is -2.30. The third-order valence-electron chi connectivity index (χ3n) is 4.06. The number of hydrogen-bond acceptors (Lipinski definition) is 6. The van der Waals surface area contributed by atoms with Gasteiger partial charge >= 0.3 is 0 Å². The Hall–Kier alpha value is -1.22. The normalized spacial score (nSPS) is 27.2. The van der Waals surface area contributed by atoms with Crippen molar-refractivity contribution in [1.82, 2.24) is 15.1 Å². The fourth-order valence-electron chi connectivity index (χ4n) is 2.68. The molecule has 0 radical (unpaired) electrons. The summed E-state index contributed by atoms with van der Waals surface area (Å²) >= 11 is 0. The van der Waals surface area contributed by atoms with Gasteiger partial charge in [-0.3, -0.25) is 9.59 Å². The van der Waals surface area contributed by atoms with Crippen molar-refractivity contribution in [3.8, 4) is 0 Å². The molecule has 2 saturated heterocycles. The first-order chi connectivity index (χ1) is 10.0. The number of hydrogen-bond donors (Lipinski definition) is 3. The number of carbonyl (C=O) groups excluding carboxylic acids is 2. The van der Waals surface area contributed by atoms with Crippen LogP contribution in [0.2, 0.25) is 0 Å². The second-order valence-electron chi connectivity index (χ2n) is 5.61. The Balaban J connectivity index is 1.72. The summed E-state index contributed by atoms with van der Waals surface area (Å²) in [5.41, 5.74) is 5.73. The van der Waals surface area contributed by atoms with Crippen molar-refractivity contribution < 1.29 is 19.4 Å². The zero-order chi connectivity index (χ0) is 15.4.